The Morgan fingerprint density at radius 1 is 1.44 bits per heavy atom. The third-order valence-electron chi connectivity index (χ3n) is 2.42. The fourth-order valence-corrected chi connectivity index (χ4v) is 2.30. The monoisotopic (exact) mass is 265 g/mol. The first-order valence-electron chi connectivity index (χ1n) is 6.21. The quantitative estimate of drug-likeness (QED) is 0.612. The van der Waals surface area contributed by atoms with Crippen molar-refractivity contribution in [1.29, 1.82) is 0 Å². The fourth-order valence-electron chi connectivity index (χ4n) is 1.48. The Morgan fingerprint density at radius 2 is 2.28 bits per heavy atom. The van der Waals surface area contributed by atoms with E-state index in [0.29, 0.717) is 13.0 Å². The van der Waals surface area contributed by atoms with Crippen LogP contribution in [-0.2, 0) is 11.3 Å². The van der Waals surface area contributed by atoms with Crippen molar-refractivity contribution in [3.05, 3.63) is 21.9 Å². The summed E-state index contributed by atoms with van der Waals surface area (Å²) in [6.07, 6.45) is 3.80. The second-order valence-corrected chi connectivity index (χ2v) is 5.13. The van der Waals surface area contributed by atoms with E-state index in [4.69, 9.17) is 5.11 Å². The van der Waals surface area contributed by atoms with Crippen molar-refractivity contribution in [1.82, 2.24) is 5.32 Å². The number of rotatable bonds is 6. The van der Waals surface area contributed by atoms with Crippen LogP contribution in [0.5, 0.6) is 0 Å². The number of nitrogens with one attached hydrogen (secondary N) is 1. The lowest BCUT2D eigenvalue weighted by molar-refractivity contribution is -0.121. The minimum Gasteiger partial charge on any atom is -0.384 e. The molecule has 4 heteroatoms. The van der Waals surface area contributed by atoms with Crippen LogP contribution >= 0.6 is 11.3 Å². The third kappa shape index (κ3) is 5.85. The Labute approximate surface area is 112 Å². The van der Waals surface area contributed by atoms with Gasteiger partial charge in [-0.3, -0.25) is 4.79 Å². The van der Waals surface area contributed by atoms with Crippen LogP contribution in [0.3, 0.4) is 0 Å². The van der Waals surface area contributed by atoms with Gasteiger partial charge < -0.3 is 10.4 Å². The van der Waals surface area contributed by atoms with E-state index in [1.54, 1.807) is 11.3 Å². The van der Waals surface area contributed by atoms with Crippen LogP contribution in [0.15, 0.2) is 12.1 Å². The molecule has 0 aromatic carbocycles. The number of aliphatic hydroxyl groups is 1. The molecule has 0 fully saturated rings. The summed E-state index contributed by atoms with van der Waals surface area (Å²) in [4.78, 5) is 13.5. The zero-order valence-corrected chi connectivity index (χ0v) is 11.5. The molecule has 1 aromatic rings. The molecular weight excluding hydrogens is 246 g/mol. The van der Waals surface area contributed by atoms with Crippen LogP contribution in [0, 0.1) is 11.8 Å². The second kappa shape index (κ2) is 8.73. The summed E-state index contributed by atoms with van der Waals surface area (Å²) in [5.74, 6) is 5.57. The number of carbonyl (C=O) groups is 1. The molecule has 0 saturated heterocycles. The van der Waals surface area contributed by atoms with E-state index in [-0.39, 0.29) is 12.5 Å². The van der Waals surface area contributed by atoms with Crippen LogP contribution in [0.1, 0.15) is 42.4 Å². The highest BCUT2D eigenvalue weighted by atomic mass is 32.1. The second-order valence-electron chi connectivity index (χ2n) is 3.96. The van der Waals surface area contributed by atoms with Gasteiger partial charge in [0.1, 0.15) is 6.61 Å². The van der Waals surface area contributed by atoms with Crippen molar-refractivity contribution in [3.8, 4) is 11.8 Å². The molecule has 0 spiro atoms. The molecule has 0 radical (unpaired) electrons. The van der Waals surface area contributed by atoms with Crippen molar-refractivity contribution in [2.24, 2.45) is 0 Å². The molecule has 0 atom stereocenters. The number of hydrogen-bond donors (Lipinski definition) is 2. The maximum atomic E-state index is 11.5. The van der Waals surface area contributed by atoms with E-state index in [2.05, 4.69) is 24.1 Å². The topological polar surface area (TPSA) is 49.3 Å². The zero-order valence-electron chi connectivity index (χ0n) is 10.7. The van der Waals surface area contributed by atoms with E-state index in [0.717, 1.165) is 29.0 Å². The van der Waals surface area contributed by atoms with Crippen LogP contribution in [0.4, 0.5) is 0 Å². The third-order valence-corrected chi connectivity index (χ3v) is 3.42. The molecule has 1 amide bonds. The first-order chi connectivity index (χ1) is 8.76. The predicted octanol–water partition coefficient (Wildman–Crippen LogP) is 2.29. The molecule has 0 aliphatic rings. The summed E-state index contributed by atoms with van der Waals surface area (Å²) < 4.78 is 0. The average molecular weight is 265 g/mol. The Bertz CT molecular complexity index is 428. The smallest absolute Gasteiger partial charge is 0.220 e. The summed E-state index contributed by atoms with van der Waals surface area (Å²) in [5.41, 5.74) is 0. The number of carbonyl (C=O) groups excluding carboxylic acids is 1. The first kappa shape index (κ1) is 14.7. The Morgan fingerprint density at radius 3 is 3.00 bits per heavy atom. The highest BCUT2D eigenvalue weighted by molar-refractivity contribution is 7.12. The van der Waals surface area contributed by atoms with Crippen LogP contribution < -0.4 is 5.32 Å². The summed E-state index contributed by atoms with van der Waals surface area (Å²) in [6.45, 7) is 2.57. The molecule has 18 heavy (non-hydrogen) atoms. The SMILES string of the molecule is CCCCCC(=O)NCc1ccc(C#CCO)s1. The molecule has 0 aliphatic heterocycles. The standard InChI is InChI=1S/C14H19NO2S/c1-2-3-4-7-14(17)15-11-13-9-8-12(18-13)6-5-10-16/h8-9,16H,2-4,7,10-11H2,1H3,(H,15,17). The van der Waals surface area contributed by atoms with Crippen molar-refractivity contribution in [2.45, 2.75) is 39.2 Å². The van der Waals surface area contributed by atoms with Gasteiger partial charge in [-0.25, -0.2) is 0 Å². The van der Waals surface area contributed by atoms with Gasteiger partial charge in [0.15, 0.2) is 0 Å². The van der Waals surface area contributed by atoms with Crippen LogP contribution in [-0.4, -0.2) is 17.6 Å². The molecular formula is C14H19NO2S. The normalized spacial score (nSPS) is 9.67. The van der Waals surface area contributed by atoms with E-state index >= 15 is 0 Å². The van der Waals surface area contributed by atoms with Gasteiger partial charge in [0.05, 0.1) is 11.4 Å². The zero-order chi connectivity index (χ0) is 13.2. The molecule has 1 aromatic heterocycles. The lowest BCUT2D eigenvalue weighted by Crippen LogP contribution is -2.21. The number of unbranched alkanes of at least 4 members (excludes halogenated alkanes) is 2. The molecule has 0 aliphatic carbocycles. The first-order valence-corrected chi connectivity index (χ1v) is 7.03. The Balaban J connectivity index is 2.30. The van der Waals surface area contributed by atoms with Crippen molar-refractivity contribution >= 4 is 17.2 Å². The molecule has 1 heterocycles. The number of aliphatic hydroxyl groups excluding tert-OH is 1. The number of hydrogen-bond acceptors (Lipinski definition) is 3. The van der Waals surface area contributed by atoms with E-state index < -0.39 is 0 Å². The average Bonchev–Trinajstić information content (AvgIpc) is 2.82. The molecule has 1 rings (SSSR count). The highest BCUT2D eigenvalue weighted by Gasteiger charge is 2.02. The molecule has 0 unspecified atom stereocenters. The van der Waals surface area contributed by atoms with Gasteiger partial charge >= 0.3 is 0 Å². The predicted molar refractivity (Wildman–Crippen MR) is 74.3 cm³/mol. The van der Waals surface area contributed by atoms with Gasteiger partial charge in [0.2, 0.25) is 5.91 Å². The lowest BCUT2D eigenvalue weighted by atomic mass is 10.2. The highest BCUT2D eigenvalue weighted by Crippen LogP contribution is 2.15. The minimum atomic E-state index is -0.124. The summed E-state index contributed by atoms with van der Waals surface area (Å²) >= 11 is 1.54. The maximum Gasteiger partial charge on any atom is 0.220 e. The fraction of sp³-hybridized carbons (Fsp3) is 0.500. The van der Waals surface area contributed by atoms with Crippen molar-refractivity contribution in [3.63, 3.8) is 0 Å². The number of amides is 1. The van der Waals surface area contributed by atoms with Gasteiger partial charge in [0.25, 0.3) is 0 Å². The van der Waals surface area contributed by atoms with Gasteiger partial charge in [-0.2, -0.15) is 0 Å². The largest absolute Gasteiger partial charge is 0.384 e. The minimum absolute atomic E-state index is 0.111. The van der Waals surface area contributed by atoms with E-state index in [1.807, 2.05) is 12.1 Å². The van der Waals surface area contributed by atoms with Crippen LogP contribution in [0.25, 0.3) is 0 Å². The van der Waals surface area contributed by atoms with Gasteiger partial charge in [-0.15, -0.1) is 11.3 Å². The molecule has 0 bridgehead atoms. The van der Waals surface area contributed by atoms with Gasteiger partial charge in [0, 0.05) is 11.3 Å². The van der Waals surface area contributed by atoms with Crippen LogP contribution in [0.2, 0.25) is 0 Å². The molecule has 0 saturated carbocycles. The van der Waals surface area contributed by atoms with E-state index in [1.165, 1.54) is 0 Å². The molecule has 3 nitrogen and oxygen atoms in total. The van der Waals surface area contributed by atoms with E-state index in [9.17, 15) is 4.79 Å². The summed E-state index contributed by atoms with van der Waals surface area (Å²) in [6, 6.07) is 3.87. The van der Waals surface area contributed by atoms with Gasteiger partial charge in [-0.05, 0) is 18.6 Å². The van der Waals surface area contributed by atoms with Crippen molar-refractivity contribution in [2.75, 3.05) is 6.61 Å². The Hall–Kier alpha value is -1.31. The molecule has 2 N–H and O–H groups in total. The Kier molecular flexibility index (Phi) is 7.16. The molecule has 98 valence electrons. The maximum absolute atomic E-state index is 11.5. The summed E-state index contributed by atoms with van der Waals surface area (Å²) in [7, 11) is 0. The number of thiophene rings is 1. The summed E-state index contributed by atoms with van der Waals surface area (Å²) in [5, 5.41) is 11.5. The van der Waals surface area contributed by atoms with Gasteiger partial charge in [-0.1, -0.05) is 31.6 Å². The van der Waals surface area contributed by atoms with Crippen molar-refractivity contribution < 1.29 is 9.90 Å². The lowest BCUT2D eigenvalue weighted by Gasteiger charge is -2.02.